The molecule has 9 aromatic carbocycles. The summed E-state index contributed by atoms with van der Waals surface area (Å²) in [5.41, 5.74) is 9.94. The minimum Gasteiger partial charge on any atom is -0.0616 e. The molecule has 9 aromatic rings. The van der Waals surface area contributed by atoms with Gasteiger partial charge in [-0.3, -0.25) is 0 Å². The molecular weight excluding hydrogens is 553 g/mol. The van der Waals surface area contributed by atoms with E-state index in [1.54, 1.807) is 0 Å². The lowest BCUT2D eigenvalue weighted by atomic mass is 9.89. The second-order valence-electron chi connectivity index (χ2n) is 12.1. The van der Waals surface area contributed by atoms with E-state index in [9.17, 15) is 0 Å². The number of hydrogen-bond donors (Lipinski definition) is 0. The van der Waals surface area contributed by atoms with Crippen LogP contribution in [0.25, 0.3) is 87.6 Å². The zero-order valence-corrected chi connectivity index (χ0v) is 25.3. The Morgan fingerprint density at radius 3 is 1.30 bits per heavy atom. The first-order valence-corrected chi connectivity index (χ1v) is 15.9. The molecule has 0 saturated carbocycles. The van der Waals surface area contributed by atoms with Crippen LogP contribution in [0.15, 0.2) is 182 Å². The summed E-state index contributed by atoms with van der Waals surface area (Å²) in [6.07, 6.45) is 0. The molecule has 0 aromatic heterocycles. The number of rotatable bonds is 4. The van der Waals surface area contributed by atoms with Crippen molar-refractivity contribution in [2.45, 2.75) is 0 Å². The molecule has 0 N–H and O–H groups in total. The predicted molar refractivity (Wildman–Crippen MR) is 198 cm³/mol. The molecule has 214 valence electrons. The van der Waals surface area contributed by atoms with Crippen LogP contribution in [0, 0.1) is 0 Å². The first-order valence-electron chi connectivity index (χ1n) is 15.9. The molecule has 0 saturated heterocycles. The van der Waals surface area contributed by atoms with Gasteiger partial charge in [-0.1, -0.05) is 176 Å². The van der Waals surface area contributed by atoms with Gasteiger partial charge in [0.1, 0.15) is 0 Å². The van der Waals surface area contributed by atoms with Crippen molar-refractivity contribution < 1.29 is 0 Å². The Kier molecular flexibility index (Phi) is 6.25. The Balaban J connectivity index is 1.04. The maximum atomic E-state index is 2.33. The summed E-state index contributed by atoms with van der Waals surface area (Å²) in [5, 5.41) is 10.2. The Morgan fingerprint density at radius 2 is 0.609 bits per heavy atom. The number of benzene rings is 9. The minimum absolute atomic E-state index is 1.22. The maximum absolute atomic E-state index is 2.33. The van der Waals surface area contributed by atoms with Gasteiger partial charge in [-0.05, 0) is 93.7 Å². The Bertz CT molecular complexity index is 2550. The summed E-state index contributed by atoms with van der Waals surface area (Å²) in [6.45, 7) is 0. The van der Waals surface area contributed by atoms with Crippen molar-refractivity contribution >= 4 is 43.1 Å². The molecule has 0 spiro atoms. The fourth-order valence-electron chi connectivity index (χ4n) is 7.12. The van der Waals surface area contributed by atoms with E-state index < -0.39 is 0 Å². The molecule has 0 heteroatoms. The van der Waals surface area contributed by atoms with Crippen molar-refractivity contribution in [1.82, 2.24) is 0 Å². The quantitative estimate of drug-likeness (QED) is 0.181. The molecule has 0 bridgehead atoms. The van der Waals surface area contributed by atoms with E-state index in [1.165, 1.54) is 87.6 Å². The lowest BCUT2D eigenvalue weighted by Crippen LogP contribution is -1.88. The number of fused-ring (bicyclic) bond motifs is 5. The molecule has 0 heterocycles. The van der Waals surface area contributed by atoms with E-state index in [0.29, 0.717) is 0 Å². The van der Waals surface area contributed by atoms with E-state index >= 15 is 0 Å². The molecule has 0 aliphatic rings. The summed E-state index contributed by atoms with van der Waals surface area (Å²) < 4.78 is 0. The fourth-order valence-corrected chi connectivity index (χ4v) is 7.12. The maximum Gasteiger partial charge on any atom is -0.00987 e. The van der Waals surface area contributed by atoms with Crippen LogP contribution in [0.2, 0.25) is 0 Å². The summed E-state index contributed by atoms with van der Waals surface area (Å²) in [4.78, 5) is 0. The van der Waals surface area contributed by atoms with Crippen LogP contribution >= 0.6 is 0 Å². The first kappa shape index (κ1) is 26.4. The highest BCUT2D eigenvalue weighted by Gasteiger charge is 2.12. The summed E-state index contributed by atoms with van der Waals surface area (Å²) in [5.74, 6) is 0. The van der Waals surface area contributed by atoms with Crippen LogP contribution in [0.4, 0.5) is 0 Å². The third-order valence-corrected chi connectivity index (χ3v) is 9.50. The third kappa shape index (κ3) is 4.47. The van der Waals surface area contributed by atoms with Gasteiger partial charge in [-0.2, -0.15) is 0 Å². The van der Waals surface area contributed by atoms with Crippen LogP contribution in [-0.2, 0) is 0 Å². The topological polar surface area (TPSA) is 0 Å². The molecule has 0 aliphatic carbocycles. The van der Waals surface area contributed by atoms with Crippen molar-refractivity contribution in [3.8, 4) is 44.5 Å². The second-order valence-corrected chi connectivity index (χ2v) is 12.1. The molecule has 0 fully saturated rings. The first-order chi connectivity index (χ1) is 22.8. The predicted octanol–water partition coefficient (Wildman–Crippen LogP) is 13.0. The molecule has 0 nitrogen and oxygen atoms in total. The molecular formula is C46H30. The van der Waals surface area contributed by atoms with Gasteiger partial charge in [-0.25, -0.2) is 0 Å². The van der Waals surface area contributed by atoms with Gasteiger partial charge in [-0.15, -0.1) is 0 Å². The van der Waals surface area contributed by atoms with Crippen LogP contribution in [0.1, 0.15) is 0 Å². The van der Waals surface area contributed by atoms with E-state index in [-0.39, 0.29) is 0 Å². The molecule has 0 atom stereocenters. The van der Waals surface area contributed by atoms with Gasteiger partial charge in [0.15, 0.2) is 0 Å². The van der Waals surface area contributed by atoms with Gasteiger partial charge >= 0.3 is 0 Å². The fraction of sp³-hybridized carbons (Fsp3) is 0. The van der Waals surface area contributed by atoms with E-state index in [0.717, 1.165) is 0 Å². The van der Waals surface area contributed by atoms with Crippen molar-refractivity contribution in [1.29, 1.82) is 0 Å². The zero-order valence-electron chi connectivity index (χ0n) is 25.3. The second kappa shape index (κ2) is 10.9. The van der Waals surface area contributed by atoms with E-state index in [1.807, 2.05) is 0 Å². The van der Waals surface area contributed by atoms with Gasteiger partial charge in [0.25, 0.3) is 0 Å². The van der Waals surface area contributed by atoms with E-state index in [4.69, 9.17) is 0 Å². The van der Waals surface area contributed by atoms with Crippen molar-refractivity contribution in [3.63, 3.8) is 0 Å². The Morgan fingerprint density at radius 1 is 0.196 bits per heavy atom. The summed E-state index contributed by atoms with van der Waals surface area (Å²) in [7, 11) is 0. The van der Waals surface area contributed by atoms with Crippen LogP contribution < -0.4 is 0 Å². The highest BCUT2D eigenvalue weighted by molar-refractivity contribution is 6.10. The van der Waals surface area contributed by atoms with Gasteiger partial charge in [0, 0.05) is 0 Å². The van der Waals surface area contributed by atoms with Gasteiger partial charge in [0.2, 0.25) is 0 Å². The van der Waals surface area contributed by atoms with Crippen LogP contribution in [0.3, 0.4) is 0 Å². The molecule has 9 rings (SSSR count). The summed E-state index contributed by atoms with van der Waals surface area (Å²) >= 11 is 0. The van der Waals surface area contributed by atoms with E-state index in [2.05, 4.69) is 182 Å². The number of hydrogen-bond acceptors (Lipinski definition) is 0. The molecule has 0 radical (unpaired) electrons. The minimum atomic E-state index is 1.22. The van der Waals surface area contributed by atoms with Crippen molar-refractivity contribution in [2.75, 3.05) is 0 Å². The van der Waals surface area contributed by atoms with Crippen molar-refractivity contribution in [3.05, 3.63) is 182 Å². The largest absolute Gasteiger partial charge is 0.0616 e. The highest BCUT2D eigenvalue weighted by Crippen LogP contribution is 2.39. The molecule has 46 heavy (non-hydrogen) atoms. The lowest BCUT2D eigenvalue weighted by Gasteiger charge is -2.14. The Labute approximate surface area is 268 Å². The molecule has 0 unspecified atom stereocenters. The van der Waals surface area contributed by atoms with Crippen LogP contribution in [-0.4, -0.2) is 0 Å². The lowest BCUT2D eigenvalue weighted by molar-refractivity contribution is 1.59. The van der Waals surface area contributed by atoms with Crippen molar-refractivity contribution in [2.24, 2.45) is 0 Å². The Hall–Kier alpha value is -5.98. The van der Waals surface area contributed by atoms with Gasteiger partial charge < -0.3 is 0 Å². The van der Waals surface area contributed by atoms with Gasteiger partial charge in [0.05, 0.1) is 0 Å². The smallest absolute Gasteiger partial charge is 0.00987 e. The SMILES string of the molecule is c1ccc2c(-c3ccc(-c4ccc(-c5ccc(-c6ccc7ccc8ccccc8c7c6)cc5)cc4)c4ccccc34)cccc2c1. The highest BCUT2D eigenvalue weighted by atomic mass is 14.2. The standard InChI is InChI=1S/C46H30/c1-3-11-39-34(8-1)10-7-15-43(39)45-29-28-41(42-13-5-6-14-44(42)45)36-22-20-32(21-23-36)31-16-18-33(19-17-31)38-27-26-37-25-24-35-9-2-4-12-40(35)46(37)30-38/h1-30H. The molecule has 0 amide bonds. The molecule has 0 aliphatic heterocycles. The van der Waals surface area contributed by atoms with Crippen LogP contribution in [0.5, 0.6) is 0 Å². The average molecular weight is 583 g/mol. The summed E-state index contributed by atoms with van der Waals surface area (Å²) in [6, 6.07) is 66.5. The average Bonchev–Trinajstić information content (AvgIpc) is 3.14. The normalized spacial score (nSPS) is 11.5. The third-order valence-electron chi connectivity index (χ3n) is 9.50. The monoisotopic (exact) mass is 582 g/mol. The zero-order chi connectivity index (χ0) is 30.5.